The molecule has 0 fully saturated rings. The zero-order chi connectivity index (χ0) is 13.9. The van der Waals surface area contributed by atoms with Gasteiger partial charge in [-0.15, -0.1) is 0 Å². The van der Waals surface area contributed by atoms with Crippen molar-refractivity contribution in [2.45, 2.75) is 38.1 Å². The first kappa shape index (κ1) is 15.5. The fourth-order valence-electron chi connectivity index (χ4n) is 1.73. The minimum atomic E-state index is -3.48. The van der Waals surface area contributed by atoms with E-state index in [4.69, 9.17) is 5.73 Å². The summed E-state index contributed by atoms with van der Waals surface area (Å²) >= 11 is 3.27. The van der Waals surface area contributed by atoms with Crippen LogP contribution in [0.5, 0.6) is 0 Å². The van der Waals surface area contributed by atoms with Crippen molar-refractivity contribution in [1.82, 2.24) is 4.31 Å². The Morgan fingerprint density at radius 2 is 2.00 bits per heavy atom. The summed E-state index contributed by atoms with van der Waals surface area (Å²) < 4.78 is 27.1. The van der Waals surface area contributed by atoms with Crippen LogP contribution in [0.2, 0.25) is 0 Å². The second-order valence-electron chi connectivity index (χ2n) is 4.40. The quantitative estimate of drug-likeness (QED) is 0.842. The van der Waals surface area contributed by atoms with Crippen LogP contribution in [0.15, 0.2) is 27.6 Å². The second kappa shape index (κ2) is 6.04. The Labute approximate surface area is 117 Å². The molecule has 0 amide bonds. The van der Waals surface area contributed by atoms with Gasteiger partial charge >= 0.3 is 0 Å². The lowest BCUT2D eigenvalue weighted by Gasteiger charge is -2.26. The molecule has 0 atom stereocenters. The van der Waals surface area contributed by atoms with Crippen molar-refractivity contribution in [3.05, 3.63) is 22.7 Å². The summed E-state index contributed by atoms with van der Waals surface area (Å²) in [6, 6.07) is 4.68. The standard InChI is InChI=1S/C12H19BrN2O2S/c1-4-7-15(9(2)3)18(16,17)12-6-5-10(14)8-11(12)13/h5-6,8-9H,4,7,14H2,1-3H3. The van der Waals surface area contributed by atoms with Gasteiger partial charge in [-0.1, -0.05) is 6.92 Å². The maximum Gasteiger partial charge on any atom is 0.244 e. The van der Waals surface area contributed by atoms with E-state index >= 15 is 0 Å². The van der Waals surface area contributed by atoms with E-state index in [1.54, 1.807) is 18.2 Å². The SMILES string of the molecule is CCCN(C(C)C)S(=O)(=O)c1ccc(N)cc1Br. The molecule has 4 nitrogen and oxygen atoms in total. The summed E-state index contributed by atoms with van der Waals surface area (Å²) in [7, 11) is -3.48. The number of benzene rings is 1. The van der Waals surface area contributed by atoms with Gasteiger partial charge in [-0.05, 0) is 54.4 Å². The molecule has 0 saturated heterocycles. The average molecular weight is 335 g/mol. The summed E-state index contributed by atoms with van der Waals surface area (Å²) in [5, 5.41) is 0. The van der Waals surface area contributed by atoms with E-state index in [1.165, 1.54) is 4.31 Å². The van der Waals surface area contributed by atoms with Gasteiger partial charge < -0.3 is 5.73 Å². The lowest BCUT2D eigenvalue weighted by Crippen LogP contribution is -2.37. The van der Waals surface area contributed by atoms with Crippen LogP contribution in [0.3, 0.4) is 0 Å². The van der Waals surface area contributed by atoms with E-state index in [2.05, 4.69) is 15.9 Å². The third-order valence-electron chi connectivity index (χ3n) is 2.56. The molecule has 1 rings (SSSR count). The van der Waals surface area contributed by atoms with Gasteiger partial charge in [0.15, 0.2) is 0 Å². The van der Waals surface area contributed by atoms with Gasteiger partial charge in [-0.3, -0.25) is 0 Å². The van der Waals surface area contributed by atoms with Gasteiger partial charge in [0.05, 0.1) is 4.90 Å². The molecule has 102 valence electrons. The highest BCUT2D eigenvalue weighted by molar-refractivity contribution is 9.10. The van der Waals surface area contributed by atoms with Gasteiger partial charge in [0, 0.05) is 22.7 Å². The number of rotatable bonds is 5. The summed E-state index contributed by atoms with van der Waals surface area (Å²) in [5.41, 5.74) is 6.16. The molecule has 0 aliphatic rings. The zero-order valence-electron chi connectivity index (χ0n) is 10.9. The molecule has 2 N–H and O–H groups in total. The number of nitrogens with zero attached hydrogens (tertiary/aromatic N) is 1. The molecule has 1 aromatic rings. The molecule has 0 saturated carbocycles. The van der Waals surface area contributed by atoms with Crippen LogP contribution in [0.4, 0.5) is 5.69 Å². The van der Waals surface area contributed by atoms with E-state index in [0.29, 0.717) is 16.7 Å². The number of hydrogen-bond acceptors (Lipinski definition) is 3. The molecule has 0 unspecified atom stereocenters. The summed E-state index contributed by atoms with van der Waals surface area (Å²) in [5.74, 6) is 0. The third-order valence-corrected chi connectivity index (χ3v) is 5.61. The minimum absolute atomic E-state index is 0.0700. The first-order valence-corrected chi connectivity index (χ1v) is 8.11. The fraction of sp³-hybridized carbons (Fsp3) is 0.500. The second-order valence-corrected chi connectivity index (χ2v) is 7.11. The van der Waals surface area contributed by atoms with Gasteiger partial charge in [0.2, 0.25) is 10.0 Å². The van der Waals surface area contributed by atoms with Gasteiger partial charge in [-0.25, -0.2) is 8.42 Å². The largest absolute Gasteiger partial charge is 0.399 e. The lowest BCUT2D eigenvalue weighted by atomic mass is 10.3. The summed E-state index contributed by atoms with van der Waals surface area (Å²) in [4.78, 5) is 0.263. The highest BCUT2D eigenvalue weighted by atomic mass is 79.9. The first-order chi connectivity index (χ1) is 8.30. The number of sulfonamides is 1. The molecule has 0 spiro atoms. The normalized spacial score (nSPS) is 12.3. The number of hydrogen-bond donors (Lipinski definition) is 1. The Kier molecular flexibility index (Phi) is 5.19. The number of halogens is 1. The van der Waals surface area contributed by atoms with Crippen LogP contribution in [0, 0.1) is 0 Å². The lowest BCUT2D eigenvalue weighted by molar-refractivity contribution is 0.354. The van der Waals surface area contributed by atoms with Crippen LogP contribution in [0.1, 0.15) is 27.2 Å². The van der Waals surface area contributed by atoms with Crippen LogP contribution in [0.25, 0.3) is 0 Å². The highest BCUT2D eigenvalue weighted by Gasteiger charge is 2.27. The Bertz CT molecular complexity index is 515. The topological polar surface area (TPSA) is 63.4 Å². The Hall–Kier alpha value is -0.590. The maximum atomic E-state index is 12.6. The van der Waals surface area contributed by atoms with Crippen molar-refractivity contribution >= 4 is 31.6 Å². The minimum Gasteiger partial charge on any atom is -0.399 e. The van der Waals surface area contributed by atoms with Crippen molar-refractivity contribution in [3.63, 3.8) is 0 Å². The van der Waals surface area contributed by atoms with Crippen molar-refractivity contribution in [1.29, 1.82) is 0 Å². The van der Waals surface area contributed by atoms with Gasteiger partial charge in [-0.2, -0.15) is 4.31 Å². The molecular formula is C12H19BrN2O2S. The molecule has 18 heavy (non-hydrogen) atoms. The summed E-state index contributed by atoms with van der Waals surface area (Å²) in [6.45, 7) is 6.22. The van der Waals surface area contributed by atoms with Gasteiger partial charge in [0.1, 0.15) is 0 Å². The highest BCUT2D eigenvalue weighted by Crippen LogP contribution is 2.28. The molecule has 0 heterocycles. The smallest absolute Gasteiger partial charge is 0.244 e. The molecule has 0 aliphatic heterocycles. The van der Waals surface area contributed by atoms with E-state index in [0.717, 1.165) is 6.42 Å². The van der Waals surface area contributed by atoms with Crippen LogP contribution < -0.4 is 5.73 Å². The van der Waals surface area contributed by atoms with Crippen molar-refractivity contribution in [2.75, 3.05) is 12.3 Å². The van der Waals surface area contributed by atoms with Crippen LogP contribution in [-0.2, 0) is 10.0 Å². The third kappa shape index (κ3) is 3.24. The molecule has 6 heteroatoms. The van der Waals surface area contributed by atoms with Crippen molar-refractivity contribution in [3.8, 4) is 0 Å². The monoisotopic (exact) mass is 334 g/mol. The predicted molar refractivity (Wildman–Crippen MR) is 77.9 cm³/mol. The number of anilines is 1. The van der Waals surface area contributed by atoms with Crippen molar-refractivity contribution in [2.24, 2.45) is 0 Å². The fourth-order valence-corrected chi connectivity index (χ4v) is 4.52. The Morgan fingerprint density at radius 3 is 2.44 bits per heavy atom. The van der Waals surface area contributed by atoms with E-state index in [1.807, 2.05) is 20.8 Å². The molecule has 0 radical (unpaired) electrons. The molecule has 1 aromatic carbocycles. The number of nitrogens with two attached hydrogens (primary N) is 1. The van der Waals surface area contributed by atoms with E-state index in [9.17, 15) is 8.42 Å². The Balaban J connectivity index is 3.26. The molecule has 0 aromatic heterocycles. The number of nitrogen functional groups attached to an aromatic ring is 1. The maximum absolute atomic E-state index is 12.6. The summed E-state index contributed by atoms with van der Waals surface area (Å²) in [6.07, 6.45) is 0.782. The molecule has 0 aliphatic carbocycles. The van der Waals surface area contributed by atoms with Gasteiger partial charge in [0.25, 0.3) is 0 Å². The molecular weight excluding hydrogens is 316 g/mol. The van der Waals surface area contributed by atoms with E-state index < -0.39 is 10.0 Å². The van der Waals surface area contributed by atoms with E-state index in [-0.39, 0.29) is 10.9 Å². The average Bonchev–Trinajstić information content (AvgIpc) is 2.24. The zero-order valence-corrected chi connectivity index (χ0v) is 13.3. The van der Waals surface area contributed by atoms with Crippen molar-refractivity contribution < 1.29 is 8.42 Å². The molecule has 0 bridgehead atoms. The Morgan fingerprint density at radius 1 is 1.39 bits per heavy atom. The first-order valence-electron chi connectivity index (χ1n) is 5.87. The van der Waals surface area contributed by atoms with Crippen LogP contribution >= 0.6 is 15.9 Å². The van der Waals surface area contributed by atoms with Crippen LogP contribution in [-0.4, -0.2) is 25.3 Å². The predicted octanol–water partition coefficient (Wildman–Crippen LogP) is 2.84.